The summed E-state index contributed by atoms with van der Waals surface area (Å²) < 4.78 is 7.47. The van der Waals surface area contributed by atoms with Crippen molar-refractivity contribution in [3.63, 3.8) is 0 Å². The minimum atomic E-state index is 0.0743. The van der Waals surface area contributed by atoms with Gasteiger partial charge >= 0.3 is 0 Å². The third-order valence-corrected chi connectivity index (χ3v) is 7.52. The van der Waals surface area contributed by atoms with Crippen LogP contribution < -0.4 is 9.80 Å². The zero-order chi connectivity index (χ0) is 22.9. The predicted octanol–water partition coefficient (Wildman–Crippen LogP) is 2.23. The summed E-state index contributed by atoms with van der Waals surface area (Å²) in [7, 11) is 0. The molecule has 5 heterocycles. The van der Waals surface area contributed by atoms with Crippen LogP contribution in [0.3, 0.4) is 0 Å². The van der Waals surface area contributed by atoms with Crippen molar-refractivity contribution in [1.82, 2.24) is 34.2 Å². The first kappa shape index (κ1) is 21.0. The molecule has 2 aliphatic heterocycles. The van der Waals surface area contributed by atoms with Crippen LogP contribution in [0.2, 0.25) is 0 Å². The van der Waals surface area contributed by atoms with E-state index in [0.29, 0.717) is 5.82 Å². The number of fused-ring (bicyclic) bond motifs is 1. The standard InChI is InChI=1S/C23H25N9OS/c33-23(31-13-11-30(12-14-31)22-18-3-1-2-4-19(18)34-28-22)17-7-9-29(10-8-17)20-5-6-21(27-26-20)32-16-24-15-25-32/h1-6,15-17H,7-14H2. The number of aromatic nitrogens is 6. The van der Waals surface area contributed by atoms with Crippen molar-refractivity contribution in [2.45, 2.75) is 12.8 Å². The Hall–Kier alpha value is -3.60. The normalized spacial score (nSPS) is 17.5. The van der Waals surface area contributed by atoms with E-state index in [1.165, 1.54) is 16.4 Å². The van der Waals surface area contributed by atoms with E-state index in [0.717, 1.165) is 63.7 Å². The maximum absolute atomic E-state index is 13.2. The molecule has 0 N–H and O–H groups in total. The molecule has 1 amide bonds. The molecule has 0 atom stereocenters. The third-order valence-electron chi connectivity index (χ3n) is 6.71. The van der Waals surface area contributed by atoms with Gasteiger partial charge in [-0.05, 0) is 48.6 Å². The molecular formula is C23H25N9OS. The van der Waals surface area contributed by atoms with E-state index in [2.05, 4.69) is 52.7 Å². The Bertz CT molecular complexity index is 1260. The average Bonchev–Trinajstić information content (AvgIpc) is 3.59. The molecule has 0 unspecified atom stereocenters. The van der Waals surface area contributed by atoms with Crippen LogP contribution in [-0.2, 0) is 4.79 Å². The van der Waals surface area contributed by atoms with Crippen LogP contribution in [0.5, 0.6) is 0 Å². The Labute approximate surface area is 201 Å². The molecule has 6 rings (SSSR count). The highest BCUT2D eigenvalue weighted by atomic mass is 32.1. The highest BCUT2D eigenvalue weighted by molar-refractivity contribution is 7.13. The molecular weight excluding hydrogens is 450 g/mol. The van der Waals surface area contributed by atoms with E-state index in [9.17, 15) is 4.79 Å². The van der Waals surface area contributed by atoms with Crippen LogP contribution in [0.1, 0.15) is 12.8 Å². The highest BCUT2D eigenvalue weighted by Gasteiger charge is 2.31. The molecule has 2 fully saturated rings. The molecule has 2 aliphatic rings. The van der Waals surface area contributed by atoms with E-state index in [4.69, 9.17) is 0 Å². The Morgan fingerprint density at radius 2 is 1.65 bits per heavy atom. The lowest BCUT2D eigenvalue weighted by atomic mass is 9.95. The summed E-state index contributed by atoms with van der Waals surface area (Å²) in [5, 5.41) is 13.9. The highest BCUT2D eigenvalue weighted by Crippen LogP contribution is 2.30. The lowest BCUT2D eigenvalue weighted by Crippen LogP contribution is -2.51. The summed E-state index contributed by atoms with van der Waals surface area (Å²) in [6.45, 7) is 4.76. The van der Waals surface area contributed by atoms with E-state index >= 15 is 0 Å². The summed E-state index contributed by atoms with van der Waals surface area (Å²) in [6.07, 6.45) is 4.74. The fourth-order valence-electron chi connectivity index (χ4n) is 4.79. The van der Waals surface area contributed by atoms with Crippen LogP contribution in [0.25, 0.3) is 15.9 Å². The molecule has 11 heteroatoms. The number of hydrogen-bond donors (Lipinski definition) is 0. The van der Waals surface area contributed by atoms with Crippen molar-refractivity contribution in [3.8, 4) is 5.82 Å². The number of hydrogen-bond acceptors (Lipinski definition) is 9. The van der Waals surface area contributed by atoms with Gasteiger partial charge in [-0.25, -0.2) is 9.67 Å². The number of carbonyl (C=O) groups is 1. The minimum Gasteiger partial charge on any atom is -0.355 e. The molecule has 0 spiro atoms. The summed E-state index contributed by atoms with van der Waals surface area (Å²) in [5.74, 6) is 2.88. The van der Waals surface area contributed by atoms with Gasteiger partial charge in [0.25, 0.3) is 0 Å². The maximum atomic E-state index is 13.2. The first-order valence-electron chi connectivity index (χ1n) is 11.6. The summed E-state index contributed by atoms with van der Waals surface area (Å²) in [6, 6.07) is 12.2. The van der Waals surface area contributed by atoms with Gasteiger partial charge in [0.05, 0.1) is 4.70 Å². The number of piperidine rings is 1. The second kappa shape index (κ2) is 8.98. The van der Waals surface area contributed by atoms with Crippen LogP contribution in [0, 0.1) is 5.92 Å². The van der Waals surface area contributed by atoms with Gasteiger partial charge < -0.3 is 14.7 Å². The summed E-state index contributed by atoms with van der Waals surface area (Å²) in [4.78, 5) is 23.7. The smallest absolute Gasteiger partial charge is 0.225 e. The van der Waals surface area contributed by atoms with Crippen molar-refractivity contribution in [2.75, 3.05) is 49.1 Å². The third kappa shape index (κ3) is 3.96. The van der Waals surface area contributed by atoms with Crippen LogP contribution >= 0.6 is 11.5 Å². The first-order chi connectivity index (χ1) is 16.8. The zero-order valence-electron chi connectivity index (χ0n) is 18.7. The van der Waals surface area contributed by atoms with Gasteiger partial charge in [0.15, 0.2) is 11.6 Å². The van der Waals surface area contributed by atoms with Crippen LogP contribution in [0.4, 0.5) is 11.6 Å². The van der Waals surface area contributed by atoms with Crippen molar-refractivity contribution < 1.29 is 4.79 Å². The molecule has 0 radical (unpaired) electrons. The van der Waals surface area contributed by atoms with Gasteiger partial charge in [-0.3, -0.25) is 4.79 Å². The monoisotopic (exact) mass is 475 g/mol. The number of rotatable bonds is 4. The zero-order valence-corrected chi connectivity index (χ0v) is 19.5. The number of nitrogens with zero attached hydrogens (tertiary/aromatic N) is 9. The fraction of sp³-hybridized carbons (Fsp3) is 0.391. The van der Waals surface area contributed by atoms with Gasteiger partial charge in [0.2, 0.25) is 5.91 Å². The molecule has 4 aromatic rings. The molecule has 0 bridgehead atoms. The lowest BCUT2D eigenvalue weighted by molar-refractivity contribution is -0.136. The van der Waals surface area contributed by atoms with Crippen molar-refractivity contribution in [2.24, 2.45) is 5.92 Å². The first-order valence-corrected chi connectivity index (χ1v) is 12.4. The largest absolute Gasteiger partial charge is 0.355 e. The maximum Gasteiger partial charge on any atom is 0.225 e. The Morgan fingerprint density at radius 3 is 2.38 bits per heavy atom. The topological polar surface area (TPSA) is 96.2 Å². The average molecular weight is 476 g/mol. The van der Waals surface area contributed by atoms with Gasteiger partial charge in [-0.15, -0.1) is 10.2 Å². The molecule has 34 heavy (non-hydrogen) atoms. The van der Waals surface area contributed by atoms with Crippen LogP contribution in [0.15, 0.2) is 49.1 Å². The molecule has 0 saturated carbocycles. The van der Waals surface area contributed by atoms with Crippen molar-refractivity contribution in [1.29, 1.82) is 0 Å². The molecule has 174 valence electrons. The molecule has 0 aliphatic carbocycles. The second-order valence-electron chi connectivity index (χ2n) is 8.67. The SMILES string of the molecule is O=C(C1CCN(c2ccc(-n3cncn3)nn2)CC1)N1CCN(c2nsc3ccccc23)CC1. The number of amides is 1. The number of benzene rings is 1. The number of carbonyl (C=O) groups excluding carboxylic acids is 1. The Balaban J connectivity index is 1.03. The fourth-order valence-corrected chi connectivity index (χ4v) is 5.58. The molecule has 1 aromatic carbocycles. The summed E-state index contributed by atoms with van der Waals surface area (Å²) >= 11 is 1.54. The van der Waals surface area contributed by atoms with Gasteiger partial charge in [-0.2, -0.15) is 9.47 Å². The van der Waals surface area contributed by atoms with E-state index in [1.807, 2.05) is 23.1 Å². The van der Waals surface area contributed by atoms with Crippen LogP contribution in [-0.4, -0.2) is 79.4 Å². The Morgan fingerprint density at radius 1 is 0.882 bits per heavy atom. The van der Waals surface area contributed by atoms with Crippen molar-refractivity contribution >= 4 is 39.2 Å². The minimum absolute atomic E-state index is 0.0743. The quantitative estimate of drug-likeness (QED) is 0.443. The second-order valence-corrected chi connectivity index (χ2v) is 9.47. The van der Waals surface area contributed by atoms with E-state index in [-0.39, 0.29) is 11.8 Å². The van der Waals surface area contributed by atoms with Gasteiger partial charge in [0.1, 0.15) is 18.5 Å². The van der Waals surface area contributed by atoms with Crippen molar-refractivity contribution in [3.05, 3.63) is 49.1 Å². The van der Waals surface area contributed by atoms with Gasteiger partial charge in [-0.1, -0.05) is 12.1 Å². The Kier molecular flexibility index (Phi) is 5.54. The molecule has 10 nitrogen and oxygen atoms in total. The molecule has 3 aromatic heterocycles. The van der Waals surface area contributed by atoms with E-state index < -0.39 is 0 Å². The summed E-state index contributed by atoms with van der Waals surface area (Å²) in [5.41, 5.74) is 0. The number of anilines is 2. The van der Waals surface area contributed by atoms with E-state index in [1.54, 1.807) is 22.5 Å². The molecule has 2 saturated heterocycles. The predicted molar refractivity (Wildman–Crippen MR) is 130 cm³/mol. The number of piperazine rings is 1. The lowest BCUT2D eigenvalue weighted by Gasteiger charge is -2.39. The van der Waals surface area contributed by atoms with Gasteiger partial charge in [0, 0.05) is 50.6 Å².